The Labute approximate surface area is 117 Å². The van der Waals surface area contributed by atoms with Gasteiger partial charge in [-0.25, -0.2) is 4.98 Å². The fourth-order valence-electron chi connectivity index (χ4n) is 2.60. The molecule has 1 aromatic heterocycles. The molecule has 0 bridgehead atoms. The maximum atomic E-state index is 12.1. The summed E-state index contributed by atoms with van der Waals surface area (Å²) < 4.78 is 5.33. The average molecular weight is 273 g/mol. The Morgan fingerprint density at radius 1 is 1.40 bits per heavy atom. The van der Waals surface area contributed by atoms with Crippen molar-refractivity contribution in [3.05, 3.63) is 30.1 Å². The van der Waals surface area contributed by atoms with Crippen molar-refractivity contribution in [1.29, 1.82) is 0 Å². The van der Waals surface area contributed by atoms with E-state index in [1.807, 2.05) is 18.2 Å². The summed E-state index contributed by atoms with van der Waals surface area (Å²) in [5.41, 5.74) is 2.44. The SMILES string of the molecule is O=C(NCCC1CCOCC1)c1ccc2nc[nH]c2c1. The van der Waals surface area contributed by atoms with Crippen LogP contribution in [0.2, 0.25) is 0 Å². The Bertz CT molecular complexity index is 588. The van der Waals surface area contributed by atoms with Gasteiger partial charge in [-0.2, -0.15) is 0 Å². The number of H-pyrrole nitrogens is 1. The van der Waals surface area contributed by atoms with E-state index >= 15 is 0 Å². The lowest BCUT2D eigenvalue weighted by Crippen LogP contribution is -2.27. The zero-order valence-electron chi connectivity index (χ0n) is 11.4. The van der Waals surface area contributed by atoms with Crippen LogP contribution in [0.5, 0.6) is 0 Å². The van der Waals surface area contributed by atoms with Gasteiger partial charge in [0.25, 0.3) is 5.91 Å². The van der Waals surface area contributed by atoms with Gasteiger partial charge in [0, 0.05) is 25.3 Å². The summed E-state index contributed by atoms with van der Waals surface area (Å²) in [5.74, 6) is 0.660. The van der Waals surface area contributed by atoms with Crippen LogP contribution in [-0.4, -0.2) is 35.6 Å². The normalized spacial score (nSPS) is 16.4. The number of amides is 1. The van der Waals surface area contributed by atoms with Crippen molar-refractivity contribution in [2.24, 2.45) is 5.92 Å². The van der Waals surface area contributed by atoms with Crippen LogP contribution in [0, 0.1) is 5.92 Å². The molecule has 2 N–H and O–H groups in total. The number of hydrogen-bond donors (Lipinski definition) is 2. The summed E-state index contributed by atoms with van der Waals surface area (Å²) in [6.45, 7) is 2.44. The molecule has 5 heteroatoms. The monoisotopic (exact) mass is 273 g/mol. The van der Waals surface area contributed by atoms with Crippen LogP contribution in [0.4, 0.5) is 0 Å². The number of nitrogens with one attached hydrogen (secondary N) is 2. The third kappa shape index (κ3) is 2.99. The van der Waals surface area contributed by atoms with E-state index in [1.165, 1.54) is 0 Å². The van der Waals surface area contributed by atoms with Crippen molar-refractivity contribution in [3.63, 3.8) is 0 Å². The van der Waals surface area contributed by atoms with Crippen molar-refractivity contribution in [2.75, 3.05) is 19.8 Å². The third-order valence-electron chi connectivity index (χ3n) is 3.86. The number of nitrogens with zero attached hydrogens (tertiary/aromatic N) is 1. The highest BCUT2D eigenvalue weighted by atomic mass is 16.5. The zero-order chi connectivity index (χ0) is 13.8. The van der Waals surface area contributed by atoms with E-state index in [2.05, 4.69) is 15.3 Å². The van der Waals surface area contributed by atoms with E-state index in [-0.39, 0.29) is 5.91 Å². The molecule has 0 saturated carbocycles. The van der Waals surface area contributed by atoms with E-state index in [1.54, 1.807) is 6.33 Å². The number of ether oxygens (including phenoxy) is 1. The van der Waals surface area contributed by atoms with Crippen LogP contribution >= 0.6 is 0 Å². The third-order valence-corrected chi connectivity index (χ3v) is 3.86. The molecule has 0 aliphatic carbocycles. The number of hydrogen-bond acceptors (Lipinski definition) is 3. The molecule has 0 unspecified atom stereocenters. The van der Waals surface area contributed by atoms with Gasteiger partial charge in [-0.1, -0.05) is 0 Å². The van der Waals surface area contributed by atoms with Gasteiger partial charge in [0.05, 0.1) is 17.4 Å². The van der Waals surface area contributed by atoms with Gasteiger partial charge < -0.3 is 15.0 Å². The molecule has 1 amide bonds. The van der Waals surface area contributed by atoms with Crippen molar-refractivity contribution in [2.45, 2.75) is 19.3 Å². The minimum absolute atomic E-state index is 0.0199. The lowest BCUT2D eigenvalue weighted by atomic mass is 9.97. The molecule has 0 radical (unpaired) electrons. The molecule has 106 valence electrons. The van der Waals surface area contributed by atoms with Gasteiger partial charge in [-0.3, -0.25) is 4.79 Å². The molecule has 0 atom stereocenters. The van der Waals surface area contributed by atoms with Crippen LogP contribution < -0.4 is 5.32 Å². The number of carbonyl (C=O) groups is 1. The highest BCUT2D eigenvalue weighted by Gasteiger charge is 2.14. The van der Waals surface area contributed by atoms with Crippen molar-refractivity contribution >= 4 is 16.9 Å². The number of aromatic amines is 1. The summed E-state index contributed by atoms with van der Waals surface area (Å²) in [7, 11) is 0. The maximum Gasteiger partial charge on any atom is 0.251 e. The minimum atomic E-state index is -0.0199. The first-order valence-corrected chi connectivity index (χ1v) is 7.12. The van der Waals surface area contributed by atoms with Crippen LogP contribution in [0.1, 0.15) is 29.6 Å². The molecule has 20 heavy (non-hydrogen) atoms. The van der Waals surface area contributed by atoms with E-state index in [4.69, 9.17) is 4.74 Å². The highest BCUT2D eigenvalue weighted by Crippen LogP contribution is 2.17. The van der Waals surface area contributed by atoms with Gasteiger partial charge in [0.1, 0.15) is 0 Å². The predicted molar refractivity (Wildman–Crippen MR) is 76.6 cm³/mol. The molecule has 1 aliphatic heterocycles. The van der Waals surface area contributed by atoms with Crippen LogP contribution in [0.15, 0.2) is 24.5 Å². The van der Waals surface area contributed by atoms with Gasteiger partial charge in [-0.15, -0.1) is 0 Å². The molecule has 1 fully saturated rings. The number of aromatic nitrogens is 2. The molecular weight excluding hydrogens is 254 g/mol. The Morgan fingerprint density at radius 3 is 3.10 bits per heavy atom. The molecular formula is C15H19N3O2. The first kappa shape index (κ1) is 13.1. The standard InChI is InChI=1S/C15H19N3O2/c19-15(16-6-3-11-4-7-20-8-5-11)12-1-2-13-14(9-12)18-10-17-13/h1-2,9-11H,3-8H2,(H,16,19)(H,17,18). The summed E-state index contributed by atoms with van der Waals surface area (Å²) in [5, 5.41) is 2.99. The second-order valence-electron chi connectivity index (χ2n) is 5.23. The number of fused-ring (bicyclic) bond motifs is 1. The molecule has 1 aliphatic rings. The Hall–Kier alpha value is -1.88. The molecule has 3 rings (SSSR count). The Morgan fingerprint density at radius 2 is 2.25 bits per heavy atom. The van der Waals surface area contributed by atoms with Crippen LogP contribution in [0.3, 0.4) is 0 Å². The van der Waals surface area contributed by atoms with E-state index in [9.17, 15) is 4.79 Å². The maximum absolute atomic E-state index is 12.1. The summed E-state index contributed by atoms with van der Waals surface area (Å²) in [6.07, 6.45) is 4.88. The lowest BCUT2D eigenvalue weighted by Gasteiger charge is -2.21. The van der Waals surface area contributed by atoms with Crippen molar-refractivity contribution in [1.82, 2.24) is 15.3 Å². The minimum Gasteiger partial charge on any atom is -0.381 e. The molecule has 1 aromatic carbocycles. The molecule has 2 heterocycles. The van der Waals surface area contributed by atoms with E-state index in [0.717, 1.165) is 50.1 Å². The van der Waals surface area contributed by atoms with Crippen LogP contribution in [0.25, 0.3) is 11.0 Å². The molecule has 0 spiro atoms. The summed E-state index contributed by atoms with van der Waals surface area (Å²) >= 11 is 0. The number of rotatable bonds is 4. The number of carbonyl (C=O) groups excluding carboxylic acids is 1. The first-order valence-electron chi connectivity index (χ1n) is 7.12. The number of benzene rings is 1. The van der Waals surface area contributed by atoms with E-state index in [0.29, 0.717) is 11.5 Å². The Kier molecular flexibility index (Phi) is 3.97. The Balaban J connectivity index is 1.53. The largest absolute Gasteiger partial charge is 0.381 e. The average Bonchev–Trinajstić information content (AvgIpc) is 2.95. The fraction of sp³-hybridized carbons (Fsp3) is 0.467. The zero-order valence-corrected chi connectivity index (χ0v) is 11.4. The molecule has 5 nitrogen and oxygen atoms in total. The van der Waals surface area contributed by atoms with Crippen LogP contribution in [-0.2, 0) is 4.74 Å². The van der Waals surface area contributed by atoms with Crippen molar-refractivity contribution < 1.29 is 9.53 Å². The number of imidazole rings is 1. The van der Waals surface area contributed by atoms with E-state index < -0.39 is 0 Å². The van der Waals surface area contributed by atoms with Gasteiger partial charge in [0.15, 0.2) is 0 Å². The fourth-order valence-corrected chi connectivity index (χ4v) is 2.60. The van der Waals surface area contributed by atoms with Gasteiger partial charge in [0.2, 0.25) is 0 Å². The highest BCUT2D eigenvalue weighted by molar-refractivity contribution is 5.97. The van der Waals surface area contributed by atoms with Gasteiger partial charge >= 0.3 is 0 Å². The summed E-state index contributed by atoms with van der Waals surface area (Å²) in [4.78, 5) is 19.2. The quantitative estimate of drug-likeness (QED) is 0.896. The first-order chi connectivity index (χ1) is 9.83. The lowest BCUT2D eigenvalue weighted by molar-refractivity contribution is 0.0636. The second-order valence-corrected chi connectivity index (χ2v) is 5.23. The second kappa shape index (κ2) is 6.05. The predicted octanol–water partition coefficient (Wildman–Crippen LogP) is 2.11. The smallest absolute Gasteiger partial charge is 0.251 e. The summed E-state index contributed by atoms with van der Waals surface area (Å²) in [6, 6.07) is 5.51. The molecule has 2 aromatic rings. The van der Waals surface area contributed by atoms with Crippen molar-refractivity contribution in [3.8, 4) is 0 Å². The van der Waals surface area contributed by atoms with Gasteiger partial charge in [-0.05, 0) is 43.4 Å². The molecule has 1 saturated heterocycles. The topological polar surface area (TPSA) is 67.0 Å².